The van der Waals surface area contributed by atoms with Gasteiger partial charge in [-0.05, 0) is 36.5 Å². The van der Waals surface area contributed by atoms with Crippen LogP contribution < -0.4 is 5.32 Å². The minimum atomic E-state index is -0.346. The summed E-state index contributed by atoms with van der Waals surface area (Å²) < 4.78 is 17.7. The summed E-state index contributed by atoms with van der Waals surface area (Å²) in [7, 11) is 0. The van der Waals surface area contributed by atoms with Crippen molar-refractivity contribution in [1.29, 1.82) is 0 Å². The maximum Gasteiger partial charge on any atom is 0.306 e. The molecule has 1 saturated carbocycles. The third-order valence-electron chi connectivity index (χ3n) is 3.95. The van der Waals surface area contributed by atoms with Gasteiger partial charge < -0.3 is 10.1 Å². The van der Waals surface area contributed by atoms with E-state index in [1.165, 1.54) is 31.4 Å². The van der Waals surface area contributed by atoms with E-state index in [1.807, 2.05) is 0 Å². The monoisotopic (exact) mass is 307 g/mol. The van der Waals surface area contributed by atoms with Gasteiger partial charge in [0.25, 0.3) is 5.91 Å². The molecule has 0 radical (unpaired) electrons. The van der Waals surface area contributed by atoms with E-state index in [0.717, 1.165) is 18.4 Å². The number of amides is 1. The average molecular weight is 307 g/mol. The Hall–Kier alpha value is -1.91. The highest BCUT2D eigenvalue weighted by molar-refractivity contribution is 5.80. The van der Waals surface area contributed by atoms with Gasteiger partial charge in [0.15, 0.2) is 6.61 Å². The number of carbonyl (C=O) groups is 2. The lowest BCUT2D eigenvalue weighted by atomic mass is 9.87. The van der Waals surface area contributed by atoms with Crippen molar-refractivity contribution in [1.82, 2.24) is 5.32 Å². The first-order valence-corrected chi connectivity index (χ1v) is 7.80. The SMILES string of the molecule is O=C(COC(=O)CC1CCCCC1)NCc1ccc(F)cc1. The molecule has 0 bridgehead atoms. The molecule has 0 aliphatic heterocycles. The van der Waals surface area contributed by atoms with E-state index < -0.39 is 0 Å². The highest BCUT2D eigenvalue weighted by atomic mass is 19.1. The van der Waals surface area contributed by atoms with E-state index in [-0.39, 0.29) is 24.3 Å². The number of hydrogen-bond acceptors (Lipinski definition) is 3. The van der Waals surface area contributed by atoms with Gasteiger partial charge >= 0.3 is 5.97 Å². The molecule has 1 amide bonds. The standard InChI is InChI=1S/C17H22FNO3/c18-15-8-6-14(7-9-15)11-19-16(20)12-22-17(21)10-13-4-2-1-3-5-13/h6-9,13H,1-5,10-12H2,(H,19,20). The molecule has 0 heterocycles. The summed E-state index contributed by atoms with van der Waals surface area (Å²) in [6.45, 7) is 0.0338. The van der Waals surface area contributed by atoms with Gasteiger partial charge in [0.1, 0.15) is 5.82 Å². The van der Waals surface area contributed by atoms with Gasteiger partial charge in [-0.1, -0.05) is 31.4 Å². The molecule has 1 fully saturated rings. The van der Waals surface area contributed by atoms with Crippen LogP contribution in [0.25, 0.3) is 0 Å². The fourth-order valence-corrected chi connectivity index (χ4v) is 2.69. The first-order chi connectivity index (χ1) is 10.6. The van der Waals surface area contributed by atoms with E-state index in [0.29, 0.717) is 18.9 Å². The molecule has 120 valence electrons. The van der Waals surface area contributed by atoms with Crippen molar-refractivity contribution in [3.63, 3.8) is 0 Å². The quantitative estimate of drug-likeness (QED) is 0.822. The molecule has 1 aromatic rings. The van der Waals surface area contributed by atoms with Gasteiger partial charge in [-0.3, -0.25) is 9.59 Å². The Kier molecular flexibility index (Phi) is 6.37. The highest BCUT2D eigenvalue weighted by Gasteiger charge is 2.18. The zero-order chi connectivity index (χ0) is 15.8. The molecule has 1 aliphatic rings. The summed E-state index contributed by atoms with van der Waals surface area (Å²) in [6, 6.07) is 5.88. The summed E-state index contributed by atoms with van der Waals surface area (Å²) >= 11 is 0. The third kappa shape index (κ3) is 5.84. The number of hydrogen-bond donors (Lipinski definition) is 1. The Morgan fingerprint density at radius 1 is 1.14 bits per heavy atom. The topological polar surface area (TPSA) is 55.4 Å². The number of esters is 1. The van der Waals surface area contributed by atoms with Gasteiger partial charge in [0, 0.05) is 13.0 Å². The van der Waals surface area contributed by atoms with Gasteiger partial charge in [-0.25, -0.2) is 4.39 Å². The second-order valence-corrected chi connectivity index (χ2v) is 5.77. The van der Waals surface area contributed by atoms with Crippen molar-refractivity contribution in [2.45, 2.75) is 45.1 Å². The van der Waals surface area contributed by atoms with Crippen LogP contribution in [0.5, 0.6) is 0 Å². The fraction of sp³-hybridized carbons (Fsp3) is 0.529. The highest BCUT2D eigenvalue weighted by Crippen LogP contribution is 2.26. The van der Waals surface area contributed by atoms with Crippen LogP contribution in [0.3, 0.4) is 0 Å². The first-order valence-electron chi connectivity index (χ1n) is 7.80. The van der Waals surface area contributed by atoms with Gasteiger partial charge in [-0.15, -0.1) is 0 Å². The third-order valence-corrected chi connectivity index (χ3v) is 3.95. The molecule has 2 rings (SSSR count). The normalized spacial score (nSPS) is 15.3. The molecule has 4 nitrogen and oxygen atoms in total. The largest absolute Gasteiger partial charge is 0.456 e. The van der Waals surface area contributed by atoms with Gasteiger partial charge in [0.05, 0.1) is 0 Å². The number of nitrogens with one attached hydrogen (secondary N) is 1. The number of halogens is 1. The van der Waals surface area contributed by atoms with Crippen LogP contribution in [0.1, 0.15) is 44.1 Å². The average Bonchev–Trinajstić information content (AvgIpc) is 2.53. The van der Waals surface area contributed by atoms with E-state index in [1.54, 1.807) is 12.1 Å². The number of rotatable bonds is 6. The molecule has 0 aromatic heterocycles. The maximum atomic E-state index is 12.7. The summed E-state index contributed by atoms with van der Waals surface area (Å²) in [5, 5.41) is 2.64. The Bertz CT molecular complexity index is 495. The molecule has 0 atom stereocenters. The van der Waals surface area contributed by atoms with Crippen molar-refractivity contribution in [3.8, 4) is 0 Å². The molecule has 1 N–H and O–H groups in total. The van der Waals surface area contributed by atoms with Gasteiger partial charge in [-0.2, -0.15) is 0 Å². The molecule has 1 aliphatic carbocycles. The fourth-order valence-electron chi connectivity index (χ4n) is 2.69. The summed E-state index contributed by atoms with van der Waals surface area (Å²) in [5.41, 5.74) is 0.795. The zero-order valence-electron chi connectivity index (χ0n) is 12.6. The molecule has 22 heavy (non-hydrogen) atoms. The smallest absolute Gasteiger partial charge is 0.306 e. The van der Waals surface area contributed by atoms with Crippen molar-refractivity contribution < 1.29 is 18.7 Å². The predicted molar refractivity (Wildman–Crippen MR) is 80.4 cm³/mol. The molecular formula is C17H22FNO3. The molecular weight excluding hydrogens is 285 g/mol. The van der Waals surface area contributed by atoms with Crippen LogP contribution >= 0.6 is 0 Å². The molecule has 1 aromatic carbocycles. The lowest BCUT2D eigenvalue weighted by Crippen LogP contribution is -2.28. The summed E-state index contributed by atoms with van der Waals surface area (Å²) in [5.74, 6) is -0.555. The van der Waals surface area contributed by atoms with Crippen molar-refractivity contribution in [2.24, 2.45) is 5.92 Å². The number of benzene rings is 1. The minimum absolute atomic E-state index is 0.257. The van der Waals surface area contributed by atoms with Crippen LogP contribution in [0, 0.1) is 11.7 Å². The van der Waals surface area contributed by atoms with Crippen molar-refractivity contribution >= 4 is 11.9 Å². The Labute approximate surface area is 130 Å². The van der Waals surface area contributed by atoms with E-state index in [4.69, 9.17) is 4.74 Å². The zero-order valence-corrected chi connectivity index (χ0v) is 12.6. The number of carbonyl (C=O) groups excluding carboxylic acids is 2. The Morgan fingerprint density at radius 3 is 2.50 bits per heavy atom. The van der Waals surface area contributed by atoms with Crippen LogP contribution in [0.2, 0.25) is 0 Å². The van der Waals surface area contributed by atoms with E-state index in [2.05, 4.69) is 5.32 Å². The molecule has 0 spiro atoms. The second-order valence-electron chi connectivity index (χ2n) is 5.77. The molecule has 5 heteroatoms. The van der Waals surface area contributed by atoms with Gasteiger partial charge in [0.2, 0.25) is 0 Å². The summed E-state index contributed by atoms with van der Waals surface area (Å²) in [6.07, 6.45) is 6.16. The number of ether oxygens (including phenoxy) is 1. The van der Waals surface area contributed by atoms with Crippen LogP contribution in [0.15, 0.2) is 24.3 Å². The molecule has 0 saturated heterocycles. The minimum Gasteiger partial charge on any atom is -0.456 e. The van der Waals surface area contributed by atoms with Crippen LogP contribution in [0.4, 0.5) is 4.39 Å². The first kappa shape index (κ1) is 16.5. The van der Waals surface area contributed by atoms with Crippen LogP contribution in [-0.2, 0) is 20.9 Å². The Morgan fingerprint density at radius 2 is 1.82 bits per heavy atom. The van der Waals surface area contributed by atoms with Crippen molar-refractivity contribution in [2.75, 3.05) is 6.61 Å². The predicted octanol–water partition coefficient (Wildman–Crippen LogP) is 2.96. The Balaban J connectivity index is 1.62. The van der Waals surface area contributed by atoms with Crippen molar-refractivity contribution in [3.05, 3.63) is 35.6 Å². The van der Waals surface area contributed by atoms with Crippen LogP contribution in [-0.4, -0.2) is 18.5 Å². The molecule has 0 unspecified atom stereocenters. The lowest BCUT2D eigenvalue weighted by Gasteiger charge is -2.20. The van der Waals surface area contributed by atoms with E-state index >= 15 is 0 Å². The van der Waals surface area contributed by atoms with E-state index in [9.17, 15) is 14.0 Å². The second kappa shape index (κ2) is 8.51. The lowest BCUT2D eigenvalue weighted by molar-refractivity contribution is -0.149. The maximum absolute atomic E-state index is 12.7. The summed E-state index contributed by atoms with van der Waals surface area (Å²) in [4.78, 5) is 23.3.